The van der Waals surface area contributed by atoms with Gasteiger partial charge in [-0.25, -0.2) is 9.29 Å². The lowest BCUT2D eigenvalue weighted by Gasteiger charge is -2.19. The number of aliphatic hydroxyl groups excluding tert-OH is 1. The molecular formula is C18H17ClFNO4. The van der Waals surface area contributed by atoms with Gasteiger partial charge in [0.05, 0.1) is 22.5 Å². The number of hydrogen-bond donors (Lipinski definition) is 1. The van der Waals surface area contributed by atoms with E-state index in [4.69, 9.17) is 21.4 Å². The number of hydrogen-bond acceptors (Lipinski definition) is 4. The Morgan fingerprint density at radius 2 is 1.84 bits per heavy atom. The highest BCUT2D eigenvalue weighted by molar-refractivity contribution is 6.32. The Kier molecular flexibility index (Phi) is 5.26. The Morgan fingerprint density at radius 3 is 2.44 bits per heavy atom. The van der Waals surface area contributed by atoms with Crippen molar-refractivity contribution in [1.82, 2.24) is 0 Å². The molecule has 25 heavy (non-hydrogen) atoms. The van der Waals surface area contributed by atoms with E-state index in [-0.39, 0.29) is 53.3 Å². The van der Waals surface area contributed by atoms with Crippen LogP contribution in [0.1, 0.15) is 25.7 Å². The standard InChI is InChI=1S/C18H17ClFNO4/c19-13-9-14(20)15(10-16(13)25-8-4-3-7-22)21-17(23)11-5-1-2-6-12(11)18(21)24/h9-12,22H,1-2,5-8H2. The summed E-state index contributed by atoms with van der Waals surface area (Å²) in [4.78, 5) is 26.2. The number of halogens is 2. The van der Waals surface area contributed by atoms with Crippen LogP contribution in [-0.2, 0) is 9.59 Å². The predicted octanol–water partition coefficient (Wildman–Crippen LogP) is 2.53. The number of carbonyl (C=O) groups excluding carboxylic acids is 2. The van der Waals surface area contributed by atoms with E-state index in [1.54, 1.807) is 0 Å². The van der Waals surface area contributed by atoms with Crippen LogP contribution in [-0.4, -0.2) is 30.1 Å². The molecule has 0 bridgehead atoms. The summed E-state index contributed by atoms with van der Waals surface area (Å²) in [5.41, 5.74) is -0.140. The molecule has 0 aromatic heterocycles. The van der Waals surface area contributed by atoms with Crippen LogP contribution < -0.4 is 9.64 Å². The average Bonchev–Trinajstić information content (AvgIpc) is 2.85. The number of rotatable bonds is 3. The average molecular weight is 366 g/mol. The minimum atomic E-state index is -0.751. The number of anilines is 1. The molecule has 1 saturated carbocycles. The molecule has 0 radical (unpaired) electrons. The Bertz CT molecular complexity index is 746. The lowest BCUT2D eigenvalue weighted by Crippen LogP contribution is -2.31. The second-order valence-electron chi connectivity index (χ2n) is 6.04. The fourth-order valence-corrected chi connectivity index (χ4v) is 3.63. The van der Waals surface area contributed by atoms with Crippen molar-refractivity contribution in [2.45, 2.75) is 25.7 Å². The molecule has 1 aliphatic carbocycles. The van der Waals surface area contributed by atoms with Gasteiger partial charge in [0, 0.05) is 6.07 Å². The highest BCUT2D eigenvalue weighted by atomic mass is 35.5. The first-order chi connectivity index (χ1) is 12.0. The van der Waals surface area contributed by atoms with Crippen molar-refractivity contribution in [2.24, 2.45) is 11.8 Å². The van der Waals surface area contributed by atoms with E-state index in [9.17, 15) is 14.0 Å². The fraction of sp³-hybridized carbons (Fsp3) is 0.444. The number of ether oxygens (including phenoxy) is 1. The molecule has 1 aromatic rings. The van der Waals surface area contributed by atoms with Crippen molar-refractivity contribution < 1.29 is 23.8 Å². The second-order valence-corrected chi connectivity index (χ2v) is 6.45. The Hall–Kier alpha value is -2.10. The molecule has 0 spiro atoms. The molecule has 1 N–H and O–H groups in total. The molecule has 2 unspecified atom stereocenters. The van der Waals surface area contributed by atoms with E-state index in [0.29, 0.717) is 12.8 Å². The second kappa shape index (κ2) is 7.42. The van der Waals surface area contributed by atoms with Crippen molar-refractivity contribution in [3.05, 3.63) is 23.0 Å². The summed E-state index contributed by atoms with van der Waals surface area (Å²) in [5, 5.41) is 8.63. The third-order valence-corrected chi connectivity index (χ3v) is 4.88. The van der Waals surface area contributed by atoms with Crippen LogP contribution in [0.5, 0.6) is 5.75 Å². The third-order valence-electron chi connectivity index (χ3n) is 4.59. The van der Waals surface area contributed by atoms with E-state index in [1.807, 2.05) is 0 Å². The van der Waals surface area contributed by atoms with Crippen LogP contribution >= 0.6 is 11.6 Å². The number of fused-ring (bicyclic) bond motifs is 1. The number of nitrogens with zero attached hydrogens (tertiary/aromatic N) is 1. The van der Waals surface area contributed by atoms with Crippen molar-refractivity contribution in [3.8, 4) is 17.6 Å². The van der Waals surface area contributed by atoms with E-state index in [0.717, 1.165) is 23.8 Å². The minimum Gasteiger partial charge on any atom is -0.479 e. The molecule has 7 heteroatoms. The summed E-state index contributed by atoms with van der Waals surface area (Å²) >= 11 is 5.96. The van der Waals surface area contributed by atoms with Crippen molar-refractivity contribution in [1.29, 1.82) is 0 Å². The molecule has 2 fully saturated rings. The maximum Gasteiger partial charge on any atom is 0.237 e. The predicted molar refractivity (Wildman–Crippen MR) is 89.7 cm³/mol. The lowest BCUT2D eigenvalue weighted by atomic mass is 9.81. The number of imide groups is 1. The van der Waals surface area contributed by atoms with E-state index >= 15 is 0 Å². The van der Waals surface area contributed by atoms with Gasteiger partial charge in [-0.2, -0.15) is 0 Å². The number of aliphatic hydroxyl groups is 1. The summed E-state index contributed by atoms with van der Waals surface area (Å²) < 4.78 is 19.8. The summed E-state index contributed by atoms with van der Waals surface area (Å²) in [6.07, 6.45) is 3.10. The molecule has 1 aliphatic heterocycles. The monoisotopic (exact) mass is 365 g/mol. The van der Waals surface area contributed by atoms with Crippen molar-refractivity contribution in [3.63, 3.8) is 0 Å². The Balaban J connectivity index is 1.91. The van der Waals surface area contributed by atoms with Crippen LogP contribution in [0.25, 0.3) is 0 Å². The van der Waals surface area contributed by atoms with Crippen LogP contribution in [0.3, 0.4) is 0 Å². The molecule has 2 aliphatic rings. The van der Waals surface area contributed by atoms with Gasteiger partial charge in [0.25, 0.3) is 0 Å². The third kappa shape index (κ3) is 3.35. The molecular weight excluding hydrogens is 349 g/mol. The zero-order valence-corrected chi connectivity index (χ0v) is 14.2. The van der Waals surface area contributed by atoms with E-state index in [1.165, 1.54) is 6.07 Å². The van der Waals surface area contributed by atoms with Gasteiger partial charge in [0.15, 0.2) is 0 Å². The Labute approximate surface area is 149 Å². The molecule has 1 aromatic carbocycles. The summed E-state index contributed by atoms with van der Waals surface area (Å²) in [5.74, 6) is 2.89. The first kappa shape index (κ1) is 17.7. The maximum atomic E-state index is 14.4. The SMILES string of the molecule is O=C1C2CCCCC2C(=O)N1c1cc(OCC#CCO)c(Cl)cc1F. The molecule has 3 rings (SSSR count). The van der Waals surface area contributed by atoms with Gasteiger partial charge in [-0.15, -0.1) is 0 Å². The zero-order chi connectivity index (χ0) is 18.0. The first-order valence-corrected chi connectivity index (χ1v) is 8.48. The first-order valence-electron chi connectivity index (χ1n) is 8.11. The minimum absolute atomic E-state index is 0.0172. The quantitative estimate of drug-likeness (QED) is 0.660. The fourth-order valence-electron chi connectivity index (χ4n) is 3.42. The van der Waals surface area contributed by atoms with Gasteiger partial charge >= 0.3 is 0 Å². The van der Waals surface area contributed by atoms with Crippen LogP contribution in [0.2, 0.25) is 5.02 Å². The van der Waals surface area contributed by atoms with Crippen LogP contribution in [0, 0.1) is 29.5 Å². The highest BCUT2D eigenvalue weighted by Crippen LogP contribution is 2.42. The highest BCUT2D eigenvalue weighted by Gasteiger charge is 2.49. The summed E-state index contributed by atoms with van der Waals surface area (Å²) in [7, 11) is 0. The molecule has 132 valence electrons. The van der Waals surface area contributed by atoms with E-state index < -0.39 is 5.82 Å². The molecule has 1 heterocycles. The number of benzene rings is 1. The van der Waals surface area contributed by atoms with Crippen molar-refractivity contribution in [2.75, 3.05) is 18.1 Å². The van der Waals surface area contributed by atoms with Gasteiger partial charge in [-0.1, -0.05) is 36.3 Å². The number of amides is 2. The number of carbonyl (C=O) groups is 2. The van der Waals surface area contributed by atoms with Crippen LogP contribution in [0.4, 0.5) is 10.1 Å². The van der Waals surface area contributed by atoms with Gasteiger partial charge in [-0.3, -0.25) is 9.59 Å². The van der Waals surface area contributed by atoms with Crippen LogP contribution in [0.15, 0.2) is 12.1 Å². The Morgan fingerprint density at radius 1 is 1.20 bits per heavy atom. The topological polar surface area (TPSA) is 66.8 Å². The van der Waals surface area contributed by atoms with Gasteiger partial charge in [-0.05, 0) is 18.9 Å². The van der Waals surface area contributed by atoms with Gasteiger partial charge < -0.3 is 9.84 Å². The largest absolute Gasteiger partial charge is 0.479 e. The summed E-state index contributed by atoms with van der Waals surface area (Å²) in [6, 6.07) is 2.28. The maximum absolute atomic E-state index is 14.4. The molecule has 1 saturated heterocycles. The summed E-state index contributed by atoms with van der Waals surface area (Å²) in [6.45, 7) is -0.357. The molecule has 5 nitrogen and oxygen atoms in total. The van der Waals surface area contributed by atoms with Gasteiger partial charge in [0.2, 0.25) is 11.8 Å². The zero-order valence-electron chi connectivity index (χ0n) is 13.4. The normalized spacial score (nSPS) is 22.4. The molecule has 2 amide bonds. The lowest BCUT2D eigenvalue weighted by molar-refractivity contribution is -0.122. The smallest absolute Gasteiger partial charge is 0.237 e. The van der Waals surface area contributed by atoms with Crippen molar-refractivity contribution >= 4 is 29.1 Å². The molecule has 2 atom stereocenters. The van der Waals surface area contributed by atoms with Gasteiger partial charge in [0.1, 0.15) is 24.8 Å². The van der Waals surface area contributed by atoms with E-state index in [2.05, 4.69) is 11.8 Å².